The number of hydrogen-bond donors (Lipinski definition) is 1. The molecule has 2 aliphatic heterocycles. The van der Waals surface area contributed by atoms with Crippen LogP contribution in [0.15, 0.2) is 24.3 Å². The second-order valence-corrected chi connectivity index (χ2v) is 8.42. The highest BCUT2D eigenvalue weighted by atomic mass is 16.5. The van der Waals surface area contributed by atoms with Gasteiger partial charge in [0.15, 0.2) is 5.82 Å². The molecule has 0 radical (unpaired) electrons. The van der Waals surface area contributed by atoms with Crippen LogP contribution in [0, 0.1) is 0 Å². The maximum absolute atomic E-state index is 13.2. The Bertz CT molecular complexity index is 975. The Morgan fingerprint density at radius 3 is 2.62 bits per heavy atom. The molecule has 170 valence electrons. The molecule has 1 N–H and O–H groups in total. The van der Waals surface area contributed by atoms with Gasteiger partial charge in [-0.25, -0.2) is 9.97 Å². The number of nitrogens with one attached hydrogen (secondary N) is 1. The van der Waals surface area contributed by atoms with Gasteiger partial charge in [0.05, 0.1) is 31.8 Å². The van der Waals surface area contributed by atoms with Crippen LogP contribution in [0.3, 0.4) is 0 Å². The molecule has 2 aromatic rings. The molecule has 4 rings (SSSR count). The summed E-state index contributed by atoms with van der Waals surface area (Å²) in [6, 6.07) is 7.51. The zero-order valence-corrected chi connectivity index (χ0v) is 19.1. The third-order valence-corrected chi connectivity index (χ3v) is 6.40. The van der Waals surface area contributed by atoms with E-state index < -0.39 is 0 Å². The molecule has 2 aliphatic rings. The van der Waals surface area contributed by atoms with Gasteiger partial charge in [0.2, 0.25) is 11.8 Å². The molecule has 1 saturated heterocycles. The standard InChI is InChI=1S/C24H31N5O3/c1-16(30)28-13-11-20-19(15-28)23(25-2)27-24(26-20)21-6-4-5-12-29(21)22(31)14-17-7-9-18(32-3)10-8-17/h7-10,21H,4-6,11-15H2,1-3H3,(H,25,26,27)/t21-/m0/s1. The summed E-state index contributed by atoms with van der Waals surface area (Å²) in [5.41, 5.74) is 2.92. The van der Waals surface area contributed by atoms with Crippen molar-refractivity contribution < 1.29 is 14.3 Å². The van der Waals surface area contributed by atoms with Crippen LogP contribution in [-0.4, -0.2) is 58.8 Å². The Morgan fingerprint density at radius 1 is 1.16 bits per heavy atom. The minimum atomic E-state index is -0.127. The van der Waals surface area contributed by atoms with Gasteiger partial charge in [-0.2, -0.15) is 0 Å². The number of anilines is 1. The lowest BCUT2D eigenvalue weighted by Gasteiger charge is -2.36. The Morgan fingerprint density at radius 2 is 1.94 bits per heavy atom. The summed E-state index contributed by atoms with van der Waals surface area (Å²) in [5.74, 6) is 2.39. The number of carbonyl (C=O) groups excluding carboxylic acids is 2. The fraction of sp³-hybridized carbons (Fsp3) is 0.500. The van der Waals surface area contributed by atoms with Crippen LogP contribution in [0.2, 0.25) is 0 Å². The first-order valence-electron chi connectivity index (χ1n) is 11.3. The number of nitrogens with zero attached hydrogens (tertiary/aromatic N) is 4. The Kier molecular flexibility index (Phi) is 6.58. The molecule has 1 aromatic carbocycles. The maximum Gasteiger partial charge on any atom is 0.227 e. The molecule has 1 aromatic heterocycles. The molecule has 0 aliphatic carbocycles. The summed E-state index contributed by atoms with van der Waals surface area (Å²) < 4.78 is 5.21. The molecule has 0 saturated carbocycles. The lowest BCUT2D eigenvalue weighted by molar-refractivity contribution is -0.134. The lowest BCUT2D eigenvalue weighted by atomic mass is 9.98. The number of hydrogen-bond acceptors (Lipinski definition) is 6. The molecular formula is C24H31N5O3. The number of methoxy groups -OCH3 is 1. The van der Waals surface area contributed by atoms with E-state index in [1.165, 1.54) is 0 Å². The Labute approximate surface area is 189 Å². The number of fused-ring (bicyclic) bond motifs is 1. The van der Waals surface area contributed by atoms with Gasteiger partial charge in [-0.05, 0) is 37.0 Å². The highest BCUT2D eigenvalue weighted by Crippen LogP contribution is 2.33. The summed E-state index contributed by atoms with van der Waals surface area (Å²) in [7, 11) is 3.47. The van der Waals surface area contributed by atoms with E-state index in [9.17, 15) is 9.59 Å². The average molecular weight is 438 g/mol. The number of ether oxygens (including phenoxy) is 1. The average Bonchev–Trinajstić information content (AvgIpc) is 2.83. The van der Waals surface area contributed by atoms with Gasteiger partial charge in [0, 0.05) is 39.0 Å². The molecule has 2 amide bonds. The molecule has 1 atom stereocenters. The van der Waals surface area contributed by atoms with Crippen molar-refractivity contribution in [3.63, 3.8) is 0 Å². The van der Waals surface area contributed by atoms with Crippen LogP contribution >= 0.6 is 0 Å². The number of piperidine rings is 1. The lowest BCUT2D eigenvalue weighted by Crippen LogP contribution is -2.41. The summed E-state index contributed by atoms with van der Waals surface area (Å²) in [6.07, 6.45) is 3.94. The van der Waals surface area contributed by atoms with Gasteiger partial charge >= 0.3 is 0 Å². The number of likely N-dealkylation sites (tertiary alicyclic amines) is 1. The topological polar surface area (TPSA) is 87.7 Å². The molecule has 0 bridgehead atoms. The highest BCUT2D eigenvalue weighted by molar-refractivity contribution is 5.79. The van der Waals surface area contributed by atoms with Crippen LogP contribution in [0.1, 0.15) is 54.9 Å². The van der Waals surface area contributed by atoms with Crippen molar-refractivity contribution in [2.24, 2.45) is 0 Å². The van der Waals surface area contributed by atoms with E-state index in [1.807, 2.05) is 41.1 Å². The van der Waals surface area contributed by atoms with Crippen molar-refractivity contribution in [3.05, 3.63) is 46.9 Å². The number of rotatable bonds is 5. The van der Waals surface area contributed by atoms with Gasteiger partial charge in [-0.3, -0.25) is 9.59 Å². The van der Waals surface area contributed by atoms with Crippen molar-refractivity contribution >= 4 is 17.6 Å². The molecular weight excluding hydrogens is 406 g/mol. The fourth-order valence-electron chi connectivity index (χ4n) is 4.58. The minimum Gasteiger partial charge on any atom is -0.497 e. The summed E-state index contributed by atoms with van der Waals surface area (Å²) in [4.78, 5) is 38.6. The van der Waals surface area contributed by atoms with Gasteiger partial charge in [0.1, 0.15) is 11.6 Å². The van der Waals surface area contributed by atoms with Crippen molar-refractivity contribution in [2.75, 3.05) is 32.6 Å². The molecule has 3 heterocycles. The van der Waals surface area contributed by atoms with Crippen LogP contribution in [-0.2, 0) is 29.0 Å². The minimum absolute atomic E-state index is 0.0596. The van der Waals surface area contributed by atoms with Crippen molar-refractivity contribution in [1.82, 2.24) is 19.8 Å². The smallest absolute Gasteiger partial charge is 0.227 e. The third kappa shape index (κ3) is 4.54. The van der Waals surface area contributed by atoms with E-state index in [4.69, 9.17) is 14.7 Å². The molecule has 0 spiro atoms. The van der Waals surface area contributed by atoms with E-state index in [1.54, 1.807) is 14.0 Å². The fourth-order valence-corrected chi connectivity index (χ4v) is 4.58. The van der Waals surface area contributed by atoms with E-state index in [2.05, 4.69) is 5.32 Å². The first-order valence-corrected chi connectivity index (χ1v) is 11.3. The normalized spacial score (nSPS) is 18.2. The zero-order valence-electron chi connectivity index (χ0n) is 19.1. The van der Waals surface area contributed by atoms with Gasteiger partial charge < -0.3 is 19.9 Å². The van der Waals surface area contributed by atoms with Crippen LogP contribution in [0.25, 0.3) is 0 Å². The van der Waals surface area contributed by atoms with E-state index >= 15 is 0 Å². The quantitative estimate of drug-likeness (QED) is 0.774. The molecule has 0 unspecified atom stereocenters. The van der Waals surface area contributed by atoms with Crippen molar-refractivity contribution in [1.29, 1.82) is 0 Å². The Balaban J connectivity index is 1.58. The molecule has 8 heteroatoms. The van der Waals surface area contributed by atoms with Crippen molar-refractivity contribution in [3.8, 4) is 5.75 Å². The predicted molar refractivity (Wildman–Crippen MR) is 121 cm³/mol. The number of benzene rings is 1. The van der Waals surface area contributed by atoms with Crippen molar-refractivity contribution in [2.45, 2.75) is 51.6 Å². The first-order chi connectivity index (χ1) is 15.5. The Hall–Kier alpha value is -3.16. The number of aromatic nitrogens is 2. The molecule has 32 heavy (non-hydrogen) atoms. The second kappa shape index (κ2) is 9.54. The second-order valence-electron chi connectivity index (χ2n) is 8.42. The SMILES string of the molecule is CNc1nc([C@@H]2CCCCN2C(=O)Cc2ccc(OC)cc2)nc2c1CN(C(C)=O)CC2. The van der Waals surface area contributed by atoms with E-state index in [-0.39, 0.29) is 17.9 Å². The van der Waals surface area contributed by atoms with Crippen LogP contribution < -0.4 is 10.1 Å². The number of amides is 2. The van der Waals surface area contributed by atoms with Gasteiger partial charge in [-0.1, -0.05) is 12.1 Å². The monoisotopic (exact) mass is 437 g/mol. The number of carbonyl (C=O) groups is 2. The largest absolute Gasteiger partial charge is 0.497 e. The molecule has 8 nitrogen and oxygen atoms in total. The molecule has 1 fully saturated rings. The first kappa shape index (κ1) is 22.0. The third-order valence-electron chi connectivity index (χ3n) is 6.40. The highest BCUT2D eigenvalue weighted by Gasteiger charge is 2.32. The van der Waals surface area contributed by atoms with Crippen LogP contribution in [0.5, 0.6) is 5.75 Å². The summed E-state index contributed by atoms with van der Waals surface area (Å²) in [6.45, 7) is 3.49. The van der Waals surface area contributed by atoms with Gasteiger partial charge in [0.25, 0.3) is 0 Å². The predicted octanol–water partition coefficient (Wildman–Crippen LogP) is 2.73. The summed E-state index contributed by atoms with van der Waals surface area (Å²) in [5, 5.41) is 3.18. The summed E-state index contributed by atoms with van der Waals surface area (Å²) >= 11 is 0. The van der Waals surface area contributed by atoms with Gasteiger partial charge in [-0.15, -0.1) is 0 Å². The van der Waals surface area contributed by atoms with E-state index in [0.29, 0.717) is 38.3 Å². The zero-order chi connectivity index (χ0) is 22.7. The maximum atomic E-state index is 13.2. The van der Waals surface area contributed by atoms with Crippen LogP contribution in [0.4, 0.5) is 5.82 Å². The van der Waals surface area contributed by atoms with E-state index in [0.717, 1.165) is 47.7 Å².